The maximum Gasteiger partial charge on any atom is 0.155 e. The molecule has 0 aromatic heterocycles. The molecule has 0 aromatic carbocycles. The molecule has 1 heterocycles. The summed E-state index contributed by atoms with van der Waals surface area (Å²) in [6, 6.07) is 0. The monoisotopic (exact) mass is 169 g/mol. The van der Waals surface area contributed by atoms with Gasteiger partial charge in [-0.3, -0.25) is 4.79 Å². The van der Waals surface area contributed by atoms with Crippen LogP contribution in [0, 0.1) is 5.92 Å². The molecule has 1 fully saturated rings. The highest BCUT2D eigenvalue weighted by atomic mass is 16.3. The first kappa shape index (κ1) is 9.26. The van der Waals surface area contributed by atoms with Crippen molar-refractivity contribution in [2.45, 2.75) is 19.8 Å². The quantitative estimate of drug-likeness (QED) is 0.479. The van der Waals surface area contributed by atoms with E-state index in [1.165, 1.54) is 13.0 Å². The van der Waals surface area contributed by atoms with Crippen LogP contribution in [0.5, 0.6) is 0 Å². The zero-order chi connectivity index (χ0) is 8.97. The summed E-state index contributed by atoms with van der Waals surface area (Å²) >= 11 is 0. The van der Waals surface area contributed by atoms with E-state index in [9.17, 15) is 9.90 Å². The topological polar surface area (TPSA) is 49.3 Å². The fourth-order valence-corrected chi connectivity index (χ4v) is 1.44. The van der Waals surface area contributed by atoms with Crippen LogP contribution in [0.2, 0.25) is 0 Å². The molecule has 0 unspecified atom stereocenters. The molecule has 1 rings (SSSR count). The Morgan fingerprint density at radius 1 is 1.50 bits per heavy atom. The summed E-state index contributed by atoms with van der Waals surface area (Å²) in [5.41, 5.74) is 0. The second-order valence-electron chi connectivity index (χ2n) is 3.20. The van der Waals surface area contributed by atoms with Crippen molar-refractivity contribution in [3.05, 3.63) is 11.8 Å². The van der Waals surface area contributed by atoms with Gasteiger partial charge in [-0.1, -0.05) is 0 Å². The van der Waals surface area contributed by atoms with Crippen LogP contribution in [0.3, 0.4) is 0 Å². The Kier molecular flexibility index (Phi) is 3.29. The van der Waals surface area contributed by atoms with E-state index in [4.69, 9.17) is 0 Å². The average Bonchev–Trinajstić information content (AvgIpc) is 2.05. The highest BCUT2D eigenvalue weighted by Gasteiger charge is 2.16. The van der Waals surface area contributed by atoms with Crippen molar-refractivity contribution >= 4 is 5.78 Å². The summed E-state index contributed by atoms with van der Waals surface area (Å²) in [6.07, 6.45) is 3.18. The molecule has 2 N–H and O–H groups in total. The summed E-state index contributed by atoms with van der Waals surface area (Å²) in [7, 11) is 0. The first-order valence-corrected chi connectivity index (χ1v) is 4.32. The predicted molar refractivity (Wildman–Crippen MR) is 47.0 cm³/mol. The smallest absolute Gasteiger partial charge is 0.155 e. The first-order chi connectivity index (χ1) is 5.70. The van der Waals surface area contributed by atoms with Gasteiger partial charge in [-0.25, -0.2) is 0 Å². The number of piperidine rings is 1. The van der Waals surface area contributed by atoms with Crippen molar-refractivity contribution in [3.8, 4) is 0 Å². The van der Waals surface area contributed by atoms with Gasteiger partial charge in [0.1, 0.15) is 0 Å². The fourth-order valence-electron chi connectivity index (χ4n) is 1.44. The number of ketones is 1. The van der Waals surface area contributed by atoms with Crippen LogP contribution in [0.1, 0.15) is 19.8 Å². The summed E-state index contributed by atoms with van der Waals surface area (Å²) in [5, 5.41) is 12.7. The second kappa shape index (κ2) is 4.26. The van der Waals surface area contributed by atoms with Gasteiger partial charge < -0.3 is 10.4 Å². The van der Waals surface area contributed by atoms with Gasteiger partial charge in [0.25, 0.3) is 0 Å². The van der Waals surface area contributed by atoms with Crippen molar-refractivity contribution in [2.24, 2.45) is 5.92 Å². The SMILES string of the molecule is CC(=O)/C=C(\O)C1CCNCC1. The molecule has 68 valence electrons. The predicted octanol–water partition coefficient (Wildman–Crippen LogP) is 1.02. The Morgan fingerprint density at radius 3 is 2.58 bits per heavy atom. The number of aliphatic hydroxyl groups excluding tert-OH is 1. The molecule has 1 aliphatic heterocycles. The third-order valence-corrected chi connectivity index (χ3v) is 2.11. The van der Waals surface area contributed by atoms with Crippen molar-refractivity contribution < 1.29 is 9.90 Å². The number of rotatable bonds is 2. The minimum atomic E-state index is -0.0777. The maximum absolute atomic E-state index is 10.6. The van der Waals surface area contributed by atoms with Gasteiger partial charge in [-0.05, 0) is 32.9 Å². The second-order valence-corrected chi connectivity index (χ2v) is 3.20. The van der Waals surface area contributed by atoms with Gasteiger partial charge in [-0.15, -0.1) is 0 Å². The number of hydrogen-bond donors (Lipinski definition) is 2. The zero-order valence-corrected chi connectivity index (χ0v) is 7.34. The lowest BCUT2D eigenvalue weighted by Crippen LogP contribution is -2.28. The van der Waals surface area contributed by atoms with Crippen molar-refractivity contribution in [1.29, 1.82) is 0 Å². The van der Waals surface area contributed by atoms with Gasteiger partial charge in [-0.2, -0.15) is 0 Å². The number of allylic oxidation sites excluding steroid dienone is 2. The molecule has 1 saturated heterocycles. The van der Waals surface area contributed by atoms with Crippen molar-refractivity contribution in [3.63, 3.8) is 0 Å². The van der Waals surface area contributed by atoms with E-state index in [2.05, 4.69) is 5.32 Å². The standard InChI is InChI=1S/C9H15NO2/c1-7(11)6-9(12)8-2-4-10-5-3-8/h6,8,10,12H,2-5H2,1H3/b9-6-. The number of aliphatic hydroxyl groups is 1. The Balaban J connectivity index is 2.49. The summed E-state index contributed by atoms with van der Waals surface area (Å²) < 4.78 is 0. The fraction of sp³-hybridized carbons (Fsp3) is 0.667. The highest BCUT2D eigenvalue weighted by molar-refractivity contribution is 5.87. The summed E-state index contributed by atoms with van der Waals surface area (Å²) in [5.74, 6) is 0.366. The van der Waals surface area contributed by atoms with Crippen LogP contribution >= 0.6 is 0 Å². The Labute approximate surface area is 72.5 Å². The number of carbonyl (C=O) groups is 1. The molecule has 0 amide bonds. The van der Waals surface area contributed by atoms with Crippen LogP contribution < -0.4 is 5.32 Å². The minimum Gasteiger partial charge on any atom is -0.512 e. The molecule has 0 atom stereocenters. The van der Waals surface area contributed by atoms with E-state index >= 15 is 0 Å². The number of nitrogens with one attached hydrogen (secondary N) is 1. The third kappa shape index (κ3) is 2.66. The molecule has 1 aliphatic rings. The Bertz CT molecular complexity index is 193. The molecular formula is C9H15NO2. The summed E-state index contributed by atoms with van der Waals surface area (Å²) in [4.78, 5) is 10.6. The largest absolute Gasteiger partial charge is 0.512 e. The number of hydrogen-bond acceptors (Lipinski definition) is 3. The molecule has 3 nitrogen and oxygen atoms in total. The van der Waals surface area contributed by atoms with Crippen LogP contribution in [0.15, 0.2) is 11.8 Å². The summed E-state index contributed by atoms with van der Waals surface area (Å²) in [6.45, 7) is 3.32. The lowest BCUT2D eigenvalue weighted by atomic mass is 9.95. The average molecular weight is 169 g/mol. The lowest BCUT2D eigenvalue weighted by molar-refractivity contribution is -0.112. The van der Waals surface area contributed by atoms with E-state index in [1.54, 1.807) is 0 Å². The van der Waals surface area contributed by atoms with Crippen LogP contribution in [0.4, 0.5) is 0 Å². The molecule has 0 aliphatic carbocycles. The first-order valence-electron chi connectivity index (χ1n) is 4.32. The van der Waals surface area contributed by atoms with Gasteiger partial charge in [0, 0.05) is 12.0 Å². The van der Waals surface area contributed by atoms with Crippen molar-refractivity contribution in [2.75, 3.05) is 13.1 Å². The molecule has 3 heteroatoms. The maximum atomic E-state index is 10.6. The van der Waals surface area contributed by atoms with Gasteiger partial charge in [0.2, 0.25) is 0 Å². The van der Waals surface area contributed by atoms with E-state index in [0.29, 0.717) is 0 Å². The third-order valence-electron chi connectivity index (χ3n) is 2.11. The van der Waals surface area contributed by atoms with Gasteiger partial charge in [0.05, 0.1) is 5.76 Å². The Morgan fingerprint density at radius 2 is 2.08 bits per heavy atom. The van der Waals surface area contributed by atoms with E-state index in [-0.39, 0.29) is 17.5 Å². The van der Waals surface area contributed by atoms with E-state index in [0.717, 1.165) is 25.9 Å². The lowest BCUT2D eigenvalue weighted by Gasteiger charge is -2.21. The minimum absolute atomic E-state index is 0.0777. The van der Waals surface area contributed by atoms with Crippen LogP contribution in [0.25, 0.3) is 0 Å². The number of carbonyl (C=O) groups excluding carboxylic acids is 1. The molecule has 0 saturated carbocycles. The molecule has 0 spiro atoms. The molecular weight excluding hydrogens is 154 g/mol. The van der Waals surface area contributed by atoms with Gasteiger partial charge in [0.15, 0.2) is 5.78 Å². The van der Waals surface area contributed by atoms with E-state index < -0.39 is 0 Å². The van der Waals surface area contributed by atoms with Crippen LogP contribution in [-0.4, -0.2) is 24.0 Å². The highest BCUT2D eigenvalue weighted by Crippen LogP contribution is 2.18. The molecule has 0 aromatic rings. The van der Waals surface area contributed by atoms with Gasteiger partial charge >= 0.3 is 0 Å². The van der Waals surface area contributed by atoms with Crippen LogP contribution in [-0.2, 0) is 4.79 Å². The van der Waals surface area contributed by atoms with E-state index in [1.807, 2.05) is 0 Å². The zero-order valence-electron chi connectivity index (χ0n) is 7.34. The molecule has 0 radical (unpaired) electrons. The normalized spacial score (nSPS) is 20.9. The van der Waals surface area contributed by atoms with Crippen molar-refractivity contribution in [1.82, 2.24) is 5.32 Å². The molecule has 0 bridgehead atoms. The Hall–Kier alpha value is -0.830. The molecule has 12 heavy (non-hydrogen) atoms.